The van der Waals surface area contributed by atoms with E-state index in [0.717, 1.165) is 16.9 Å². The minimum atomic E-state index is 0.887. The first-order valence-electron chi connectivity index (χ1n) is 5.84. The molecule has 1 aromatic rings. The second-order valence-electron chi connectivity index (χ2n) is 4.40. The molecule has 1 aliphatic rings. The van der Waals surface area contributed by atoms with E-state index in [1.165, 1.54) is 37.8 Å². The third-order valence-electron chi connectivity index (χ3n) is 3.14. The van der Waals surface area contributed by atoms with Gasteiger partial charge in [0.1, 0.15) is 0 Å². The van der Waals surface area contributed by atoms with Crippen LogP contribution in [0.25, 0.3) is 0 Å². The lowest BCUT2D eigenvalue weighted by molar-refractivity contribution is 0.373. The molecule has 2 rings (SSSR count). The highest BCUT2D eigenvalue weighted by Crippen LogP contribution is 2.24. The molecule has 0 bridgehead atoms. The van der Waals surface area contributed by atoms with E-state index in [4.69, 9.17) is 0 Å². The molecule has 2 heteroatoms. The smallest absolute Gasteiger partial charge is 0.0351 e. The number of nitrogens with one attached hydrogen (secondary N) is 1. The van der Waals surface area contributed by atoms with Crippen molar-refractivity contribution >= 4 is 21.6 Å². The largest absolute Gasteiger partial charge is 0.385 e. The zero-order chi connectivity index (χ0) is 10.5. The molecule has 0 unspecified atom stereocenters. The molecule has 1 nitrogen and oxygen atoms in total. The number of rotatable bonds is 3. The van der Waals surface area contributed by atoms with Crippen molar-refractivity contribution in [3.63, 3.8) is 0 Å². The molecule has 0 atom stereocenters. The van der Waals surface area contributed by atoms with Gasteiger partial charge in [0.05, 0.1) is 0 Å². The van der Waals surface area contributed by atoms with E-state index in [1.54, 1.807) is 0 Å². The average Bonchev–Trinajstić information content (AvgIpc) is 2.28. The zero-order valence-electron chi connectivity index (χ0n) is 9.01. The van der Waals surface area contributed by atoms with E-state index in [9.17, 15) is 0 Å². The van der Waals surface area contributed by atoms with Gasteiger partial charge in [0.2, 0.25) is 0 Å². The van der Waals surface area contributed by atoms with Crippen molar-refractivity contribution in [1.82, 2.24) is 0 Å². The average molecular weight is 268 g/mol. The Morgan fingerprint density at radius 3 is 2.73 bits per heavy atom. The normalized spacial score (nSPS) is 17.7. The SMILES string of the molecule is Brc1cccc(NCC2CCCCC2)c1. The van der Waals surface area contributed by atoms with Gasteiger partial charge in [-0.05, 0) is 37.0 Å². The maximum absolute atomic E-state index is 3.53. The van der Waals surface area contributed by atoms with Crippen molar-refractivity contribution in [1.29, 1.82) is 0 Å². The maximum Gasteiger partial charge on any atom is 0.0351 e. The van der Waals surface area contributed by atoms with Gasteiger partial charge in [0.15, 0.2) is 0 Å². The molecule has 0 spiro atoms. The first kappa shape index (κ1) is 11.0. The van der Waals surface area contributed by atoms with E-state index in [-0.39, 0.29) is 0 Å². The van der Waals surface area contributed by atoms with E-state index in [1.807, 2.05) is 0 Å². The van der Waals surface area contributed by atoms with Crippen molar-refractivity contribution in [2.45, 2.75) is 32.1 Å². The number of hydrogen-bond acceptors (Lipinski definition) is 1. The van der Waals surface area contributed by atoms with Gasteiger partial charge in [0, 0.05) is 16.7 Å². The number of anilines is 1. The molecule has 82 valence electrons. The molecule has 1 aromatic carbocycles. The Balaban J connectivity index is 1.81. The summed E-state index contributed by atoms with van der Waals surface area (Å²) in [6, 6.07) is 8.41. The molecule has 0 aromatic heterocycles. The van der Waals surface area contributed by atoms with E-state index in [0.29, 0.717) is 0 Å². The summed E-state index contributed by atoms with van der Waals surface area (Å²) in [6.07, 6.45) is 7.09. The van der Waals surface area contributed by atoms with E-state index < -0.39 is 0 Å². The van der Waals surface area contributed by atoms with Crippen LogP contribution in [0, 0.1) is 5.92 Å². The lowest BCUT2D eigenvalue weighted by Gasteiger charge is -2.22. The number of benzene rings is 1. The van der Waals surface area contributed by atoms with Crippen molar-refractivity contribution in [3.05, 3.63) is 28.7 Å². The molecule has 0 heterocycles. The summed E-state index contributed by atoms with van der Waals surface area (Å²) in [6.45, 7) is 1.14. The molecule has 1 aliphatic carbocycles. The number of hydrogen-bond donors (Lipinski definition) is 1. The highest BCUT2D eigenvalue weighted by atomic mass is 79.9. The predicted molar refractivity (Wildman–Crippen MR) is 69.2 cm³/mol. The Kier molecular flexibility index (Phi) is 4.07. The molecule has 1 saturated carbocycles. The quantitative estimate of drug-likeness (QED) is 0.854. The van der Waals surface area contributed by atoms with Crippen molar-refractivity contribution in [2.24, 2.45) is 5.92 Å². The second kappa shape index (κ2) is 5.55. The maximum atomic E-state index is 3.53. The highest BCUT2D eigenvalue weighted by Gasteiger charge is 2.12. The minimum absolute atomic E-state index is 0.887. The van der Waals surface area contributed by atoms with E-state index in [2.05, 4.69) is 45.5 Å². The zero-order valence-corrected chi connectivity index (χ0v) is 10.6. The Morgan fingerprint density at radius 1 is 1.20 bits per heavy atom. The van der Waals surface area contributed by atoms with E-state index >= 15 is 0 Å². The molecule has 1 N–H and O–H groups in total. The molecule has 0 radical (unpaired) electrons. The summed E-state index contributed by atoms with van der Waals surface area (Å²) in [5, 5.41) is 3.53. The van der Waals surface area contributed by atoms with Gasteiger partial charge in [-0.3, -0.25) is 0 Å². The molecule has 0 aliphatic heterocycles. The highest BCUT2D eigenvalue weighted by molar-refractivity contribution is 9.10. The van der Waals surface area contributed by atoms with Crippen LogP contribution in [-0.2, 0) is 0 Å². The molecule has 0 amide bonds. The van der Waals surface area contributed by atoms with Crippen LogP contribution in [0.3, 0.4) is 0 Å². The summed E-state index contributed by atoms with van der Waals surface area (Å²) < 4.78 is 1.15. The Bertz CT molecular complexity index is 305. The second-order valence-corrected chi connectivity index (χ2v) is 5.31. The minimum Gasteiger partial charge on any atom is -0.385 e. The van der Waals surface area contributed by atoms with Crippen LogP contribution in [0.2, 0.25) is 0 Å². The molecule has 0 saturated heterocycles. The fourth-order valence-electron chi connectivity index (χ4n) is 2.25. The summed E-state index contributed by atoms with van der Waals surface area (Å²) in [5.41, 5.74) is 1.23. The monoisotopic (exact) mass is 267 g/mol. The summed E-state index contributed by atoms with van der Waals surface area (Å²) in [5.74, 6) is 0.887. The van der Waals surface area contributed by atoms with Crippen molar-refractivity contribution in [3.8, 4) is 0 Å². The molecule has 1 fully saturated rings. The van der Waals surface area contributed by atoms with Crippen molar-refractivity contribution in [2.75, 3.05) is 11.9 Å². The Labute approximate surface area is 100 Å². The van der Waals surface area contributed by atoms with Gasteiger partial charge >= 0.3 is 0 Å². The summed E-state index contributed by atoms with van der Waals surface area (Å²) >= 11 is 3.49. The van der Waals surface area contributed by atoms with Gasteiger partial charge in [-0.2, -0.15) is 0 Å². The van der Waals surface area contributed by atoms with Gasteiger partial charge in [-0.15, -0.1) is 0 Å². The fraction of sp³-hybridized carbons (Fsp3) is 0.538. The first-order chi connectivity index (χ1) is 7.34. The van der Waals surface area contributed by atoms with Crippen molar-refractivity contribution < 1.29 is 0 Å². The fourth-order valence-corrected chi connectivity index (χ4v) is 2.65. The van der Waals surface area contributed by atoms with Crippen LogP contribution in [0.4, 0.5) is 5.69 Å². The predicted octanol–water partition coefficient (Wildman–Crippen LogP) is 4.44. The number of halogens is 1. The van der Waals surface area contributed by atoms with Crippen LogP contribution < -0.4 is 5.32 Å². The first-order valence-corrected chi connectivity index (χ1v) is 6.63. The molecule has 15 heavy (non-hydrogen) atoms. The molecular weight excluding hydrogens is 250 g/mol. The van der Waals surface area contributed by atoms with Gasteiger partial charge in [0.25, 0.3) is 0 Å². The standard InChI is InChI=1S/C13H18BrN/c14-12-7-4-8-13(9-12)15-10-11-5-2-1-3-6-11/h4,7-9,11,15H,1-3,5-6,10H2. The van der Waals surface area contributed by atoms with Crippen LogP contribution in [-0.4, -0.2) is 6.54 Å². The summed E-state index contributed by atoms with van der Waals surface area (Å²) in [7, 11) is 0. The molecular formula is C13H18BrN. The van der Waals surface area contributed by atoms with Gasteiger partial charge in [-0.25, -0.2) is 0 Å². The van der Waals surface area contributed by atoms with Gasteiger partial charge < -0.3 is 5.32 Å². The van der Waals surface area contributed by atoms with Crippen LogP contribution in [0.15, 0.2) is 28.7 Å². The topological polar surface area (TPSA) is 12.0 Å². The third kappa shape index (κ3) is 3.53. The van der Waals surface area contributed by atoms with Crippen LogP contribution in [0.5, 0.6) is 0 Å². The van der Waals surface area contributed by atoms with Gasteiger partial charge in [-0.1, -0.05) is 41.3 Å². The van der Waals surface area contributed by atoms with Crippen LogP contribution in [0.1, 0.15) is 32.1 Å². The summed E-state index contributed by atoms with van der Waals surface area (Å²) in [4.78, 5) is 0. The Hall–Kier alpha value is -0.500. The lowest BCUT2D eigenvalue weighted by Crippen LogP contribution is -2.16. The van der Waals surface area contributed by atoms with Crippen LogP contribution >= 0.6 is 15.9 Å². The third-order valence-corrected chi connectivity index (χ3v) is 3.64. The Morgan fingerprint density at radius 2 is 2.00 bits per heavy atom. The lowest BCUT2D eigenvalue weighted by atomic mass is 9.89.